The van der Waals surface area contributed by atoms with Gasteiger partial charge in [0, 0.05) is 31.4 Å². The van der Waals surface area contributed by atoms with Gasteiger partial charge in [-0.3, -0.25) is 4.79 Å². The zero-order valence-corrected chi connectivity index (χ0v) is 15.2. The lowest BCUT2D eigenvalue weighted by atomic mass is 9.81. The molecular weight excluding hydrogens is 324 g/mol. The lowest BCUT2D eigenvalue weighted by Crippen LogP contribution is -2.53. The fourth-order valence-electron chi connectivity index (χ4n) is 4.69. The second kappa shape index (κ2) is 6.27. The largest absolute Gasteiger partial charge is 0.487 e. The SMILES string of the molecule is O=c1ccc(-c2ccc3c(c2)CCC2(CCN(C4CCC4)CC2)O3)c[nH]1. The quantitative estimate of drug-likeness (QED) is 0.897. The predicted molar refractivity (Wildman–Crippen MR) is 103 cm³/mol. The Morgan fingerprint density at radius 3 is 2.54 bits per heavy atom. The summed E-state index contributed by atoms with van der Waals surface area (Å²) in [5.74, 6) is 1.06. The van der Waals surface area contributed by atoms with Crippen LogP contribution in [0.3, 0.4) is 0 Å². The Kier molecular flexibility index (Phi) is 3.89. The fourth-order valence-corrected chi connectivity index (χ4v) is 4.69. The first kappa shape index (κ1) is 16.1. The number of hydrogen-bond acceptors (Lipinski definition) is 3. The van der Waals surface area contributed by atoms with Crippen molar-refractivity contribution in [3.05, 3.63) is 52.4 Å². The Bertz CT molecular complexity index is 840. The number of H-pyrrole nitrogens is 1. The van der Waals surface area contributed by atoms with Gasteiger partial charge in [-0.05, 0) is 73.4 Å². The van der Waals surface area contributed by atoms with Gasteiger partial charge in [0.2, 0.25) is 5.56 Å². The molecule has 1 saturated carbocycles. The molecule has 1 aromatic heterocycles. The van der Waals surface area contributed by atoms with E-state index in [1.54, 1.807) is 12.3 Å². The number of aromatic nitrogens is 1. The van der Waals surface area contributed by atoms with Crippen molar-refractivity contribution in [1.82, 2.24) is 9.88 Å². The molecular formula is C22H26N2O2. The molecule has 2 aliphatic heterocycles. The lowest BCUT2D eigenvalue weighted by molar-refractivity contribution is -0.0336. The van der Waals surface area contributed by atoms with Gasteiger partial charge in [0.25, 0.3) is 0 Å². The topological polar surface area (TPSA) is 45.3 Å². The summed E-state index contributed by atoms with van der Waals surface area (Å²) in [6.45, 7) is 2.38. The van der Waals surface area contributed by atoms with E-state index >= 15 is 0 Å². The van der Waals surface area contributed by atoms with Gasteiger partial charge in [0.05, 0.1) is 0 Å². The minimum Gasteiger partial charge on any atom is -0.487 e. The molecule has 3 heterocycles. The molecule has 1 spiro atoms. The molecule has 1 aliphatic carbocycles. The third-order valence-corrected chi connectivity index (χ3v) is 6.65. The Labute approximate surface area is 154 Å². The van der Waals surface area contributed by atoms with Crippen LogP contribution in [0.15, 0.2) is 41.3 Å². The predicted octanol–water partition coefficient (Wildman–Crippen LogP) is 3.75. The summed E-state index contributed by atoms with van der Waals surface area (Å²) in [6.07, 6.45) is 10.5. The van der Waals surface area contributed by atoms with E-state index in [9.17, 15) is 4.79 Å². The van der Waals surface area contributed by atoms with Gasteiger partial charge in [-0.15, -0.1) is 0 Å². The summed E-state index contributed by atoms with van der Waals surface area (Å²) in [5, 5.41) is 0. The van der Waals surface area contributed by atoms with E-state index in [1.807, 2.05) is 6.07 Å². The minimum atomic E-state index is -0.0646. The summed E-state index contributed by atoms with van der Waals surface area (Å²) >= 11 is 0. The number of aromatic amines is 1. The van der Waals surface area contributed by atoms with Crippen molar-refractivity contribution in [2.45, 2.75) is 56.6 Å². The number of hydrogen-bond donors (Lipinski definition) is 1. The summed E-state index contributed by atoms with van der Waals surface area (Å²) in [6, 6.07) is 10.8. The number of pyridine rings is 1. The van der Waals surface area contributed by atoms with Crippen LogP contribution in [0.4, 0.5) is 0 Å². The Balaban J connectivity index is 1.32. The van der Waals surface area contributed by atoms with Crippen LogP contribution in [-0.4, -0.2) is 34.6 Å². The highest BCUT2D eigenvalue weighted by atomic mass is 16.5. The average molecular weight is 350 g/mol. The van der Waals surface area contributed by atoms with Crippen molar-refractivity contribution >= 4 is 0 Å². The molecule has 136 valence electrons. The summed E-state index contributed by atoms with van der Waals surface area (Å²) < 4.78 is 6.57. The number of nitrogens with one attached hydrogen (secondary N) is 1. The highest BCUT2D eigenvalue weighted by molar-refractivity contribution is 5.65. The molecule has 26 heavy (non-hydrogen) atoms. The number of aryl methyl sites for hydroxylation is 1. The summed E-state index contributed by atoms with van der Waals surface area (Å²) in [5.41, 5.74) is 3.46. The van der Waals surface area contributed by atoms with E-state index in [4.69, 9.17) is 4.74 Å². The molecule has 1 aromatic carbocycles. The molecule has 0 bridgehead atoms. The first-order valence-electron chi connectivity index (χ1n) is 9.96. The van der Waals surface area contributed by atoms with Gasteiger partial charge in [-0.2, -0.15) is 0 Å². The Morgan fingerprint density at radius 1 is 1.04 bits per heavy atom. The van der Waals surface area contributed by atoms with E-state index in [0.29, 0.717) is 0 Å². The molecule has 1 N–H and O–H groups in total. The fraction of sp³-hybridized carbons (Fsp3) is 0.500. The molecule has 4 nitrogen and oxygen atoms in total. The second-order valence-corrected chi connectivity index (χ2v) is 8.17. The standard InChI is InChI=1S/C22H26N2O2/c25-21-7-5-18(15-23-21)16-4-6-20-17(14-16)8-9-22(26-20)10-12-24(13-11-22)19-2-1-3-19/h4-7,14-15,19H,1-3,8-13H2,(H,23,25). The maximum absolute atomic E-state index is 11.3. The van der Waals surface area contributed by atoms with Gasteiger partial charge >= 0.3 is 0 Å². The highest BCUT2D eigenvalue weighted by Crippen LogP contribution is 2.41. The molecule has 0 radical (unpaired) electrons. The molecule has 0 amide bonds. The number of fused-ring (bicyclic) bond motifs is 1. The number of benzene rings is 1. The third kappa shape index (κ3) is 2.86. The minimum absolute atomic E-state index is 0.0484. The van der Waals surface area contributed by atoms with Gasteiger partial charge in [0.1, 0.15) is 11.4 Å². The molecule has 5 rings (SSSR count). The van der Waals surface area contributed by atoms with Crippen LogP contribution in [-0.2, 0) is 6.42 Å². The first-order chi connectivity index (χ1) is 12.7. The maximum atomic E-state index is 11.3. The van der Waals surface area contributed by atoms with E-state index in [1.165, 1.54) is 37.9 Å². The van der Waals surface area contributed by atoms with Crippen LogP contribution in [0.1, 0.15) is 44.1 Å². The number of piperidine rings is 1. The van der Waals surface area contributed by atoms with E-state index < -0.39 is 0 Å². The number of nitrogens with zero attached hydrogens (tertiary/aromatic N) is 1. The van der Waals surface area contributed by atoms with Gasteiger partial charge < -0.3 is 14.6 Å². The zero-order valence-electron chi connectivity index (χ0n) is 15.2. The molecule has 1 saturated heterocycles. The first-order valence-corrected chi connectivity index (χ1v) is 9.96. The Hall–Kier alpha value is -2.07. The molecule has 0 unspecified atom stereocenters. The summed E-state index contributed by atoms with van der Waals surface area (Å²) in [4.78, 5) is 16.7. The van der Waals surface area contributed by atoms with Crippen molar-refractivity contribution in [3.63, 3.8) is 0 Å². The van der Waals surface area contributed by atoms with E-state index in [0.717, 1.165) is 48.6 Å². The van der Waals surface area contributed by atoms with Crippen LogP contribution < -0.4 is 10.3 Å². The Morgan fingerprint density at radius 2 is 1.85 bits per heavy atom. The number of rotatable bonds is 2. The van der Waals surface area contributed by atoms with Gasteiger partial charge in [0.15, 0.2) is 0 Å². The highest BCUT2D eigenvalue weighted by Gasteiger charge is 2.41. The van der Waals surface area contributed by atoms with E-state index in [-0.39, 0.29) is 11.2 Å². The van der Waals surface area contributed by atoms with Crippen molar-refractivity contribution < 1.29 is 4.74 Å². The van der Waals surface area contributed by atoms with Crippen molar-refractivity contribution in [2.24, 2.45) is 0 Å². The van der Waals surface area contributed by atoms with Crippen molar-refractivity contribution in [3.8, 4) is 16.9 Å². The zero-order chi connectivity index (χ0) is 17.6. The van der Waals surface area contributed by atoms with Crippen molar-refractivity contribution in [1.29, 1.82) is 0 Å². The van der Waals surface area contributed by atoms with Crippen LogP contribution in [0.2, 0.25) is 0 Å². The normalized spacial score (nSPS) is 22.5. The smallest absolute Gasteiger partial charge is 0.247 e. The van der Waals surface area contributed by atoms with Crippen LogP contribution in [0.5, 0.6) is 5.75 Å². The monoisotopic (exact) mass is 350 g/mol. The third-order valence-electron chi connectivity index (χ3n) is 6.65. The van der Waals surface area contributed by atoms with Gasteiger partial charge in [-0.1, -0.05) is 12.5 Å². The van der Waals surface area contributed by atoms with Gasteiger partial charge in [-0.25, -0.2) is 0 Å². The van der Waals surface area contributed by atoms with E-state index in [2.05, 4.69) is 28.1 Å². The molecule has 0 atom stereocenters. The van der Waals surface area contributed by atoms with Crippen LogP contribution >= 0.6 is 0 Å². The van der Waals surface area contributed by atoms with Crippen LogP contribution in [0, 0.1) is 0 Å². The number of ether oxygens (including phenoxy) is 1. The molecule has 2 aromatic rings. The lowest BCUT2D eigenvalue weighted by Gasteiger charge is -2.48. The summed E-state index contributed by atoms with van der Waals surface area (Å²) in [7, 11) is 0. The molecule has 4 heteroatoms. The molecule has 3 aliphatic rings. The van der Waals surface area contributed by atoms with Crippen LogP contribution in [0.25, 0.3) is 11.1 Å². The maximum Gasteiger partial charge on any atom is 0.247 e. The second-order valence-electron chi connectivity index (χ2n) is 8.17. The number of likely N-dealkylation sites (tertiary alicyclic amines) is 1. The average Bonchev–Trinajstić information content (AvgIpc) is 2.63. The molecule has 2 fully saturated rings. The van der Waals surface area contributed by atoms with Crippen molar-refractivity contribution in [2.75, 3.05) is 13.1 Å².